The van der Waals surface area contributed by atoms with Crippen LogP contribution in [0.1, 0.15) is 0 Å². The van der Waals surface area contributed by atoms with E-state index in [4.69, 9.17) is 10.2 Å². The van der Waals surface area contributed by atoms with Gasteiger partial charge in [-0.1, -0.05) is 0 Å². The Morgan fingerprint density at radius 1 is 0.818 bits per heavy atom. The molecule has 0 amide bonds. The van der Waals surface area contributed by atoms with Crippen molar-refractivity contribution in [1.29, 1.82) is 0 Å². The predicted octanol–water partition coefficient (Wildman–Crippen LogP) is 2.20. The first-order valence-corrected chi connectivity index (χ1v) is 7.33. The van der Waals surface area contributed by atoms with E-state index in [2.05, 4.69) is 27.8 Å². The highest BCUT2D eigenvalue weighted by molar-refractivity contribution is 6.08. The summed E-state index contributed by atoms with van der Waals surface area (Å²) in [4.78, 5) is 4.17. The monoisotopic (exact) mass is 297 g/mol. The van der Waals surface area contributed by atoms with Crippen LogP contribution in [0, 0.1) is 0 Å². The van der Waals surface area contributed by atoms with Crippen molar-refractivity contribution in [3.8, 4) is 0 Å². The van der Waals surface area contributed by atoms with Crippen molar-refractivity contribution in [3.05, 3.63) is 42.7 Å². The van der Waals surface area contributed by atoms with Crippen molar-refractivity contribution in [2.24, 2.45) is 0 Å². The number of aliphatic hydroxyl groups excluding tert-OH is 2. The molecule has 0 radical (unpaired) electrons. The fraction of sp³-hybridized carbons (Fsp3) is 0.235. The number of rotatable bonds is 6. The topological polar surface area (TPSA) is 77.4 Å². The summed E-state index contributed by atoms with van der Waals surface area (Å²) >= 11 is 0. The second-order valence-corrected chi connectivity index (χ2v) is 5.08. The fourth-order valence-electron chi connectivity index (χ4n) is 2.62. The minimum atomic E-state index is 0.0845. The van der Waals surface area contributed by atoms with Gasteiger partial charge >= 0.3 is 0 Å². The summed E-state index contributed by atoms with van der Waals surface area (Å²) < 4.78 is 0. The molecule has 0 aliphatic heterocycles. The molecule has 4 N–H and O–H groups in total. The summed E-state index contributed by atoms with van der Waals surface area (Å²) in [6, 6.07) is 10.2. The molecule has 0 saturated carbocycles. The lowest BCUT2D eigenvalue weighted by atomic mass is 10.0. The highest BCUT2D eigenvalue weighted by Crippen LogP contribution is 2.33. The highest BCUT2D eigenvalue weighted by Gasteiger charge is 2.08. The Kier molecular flexibility index (Phi) is 4.37. The molecule has 0 aliphatic rings. The van der Waals surface area contributed by atoms with Crippen LogP contribution in [0.2, 0.25) is 0 Å². The third-order valence-corrected chi connectivity index (χ3v) is 3.63. The number of pyridine rings is 1. The second kappa shape index (κ2) is 6.60. The molecule has 5 nitrogen and oxygen atoms in total. The zero-order chi connectivity index (χ0) is 15.4. The minimum absolute atomic E-state index is 0.0845. The number of nitrogens with one attached hydrogen (secondary N) is 2. The van der Waals surface area contributed by atoms with Crippen molar-refractivity contribution in [2.45, 2.75) is 0 Å². The molecule has 22 heavy (non-hydrogen) atoms. The maximum absolute atomic E-state index is 9.03. The first-order valence-electron chi connectivity index (χ1n) is 7.33. The summed E-state index contributed by atoms with van der Waals surface area (Å²) in [6.07, 6.45) is 3.63. The molecular weight excluding hydrogens is 278 g/mol. The van der Waals surface area contributed by atoms with Crippen LogP contribution in [-0.2, 0) is 0 Å². The van der Waals surface area contributed by atoms with Crippen LogP contribution >= 0.6 is 0 Å². The van der Waals surface area contributed by atoms with E-state index in [0.29, 0.717) is 13.1 Å². The van der Waals surface area contributed by atoms with Crippen LogP contribution < -0.4 is 10.6 Å². The molecule has 1 heterocycles. The van der Waals surface area contributed by atoms with Crippen molar-refractivity contribution in [1.82, 2.24) is 4.98 Å². The van der Waals surface area contributed by atoms with Crippen LogP contribution in [0.5, 0.6) is 0 Å². The highest BCUT2D eigenvalue weighted by atomic mass is 16.3. The van der Waals surface area contributed by atoms with E-state index in [-0.39, 0.29) is 13.2 Å². The molecule has 0 fully saturated rings. The van der Waals surface area contributed by atoms with E-state index in [1.807, 2.05) is 24.4 Å². The van der Waals surface area contributed by atoms with Gasteiger partial charge in [0.1, 0.15) is 0 Å². The number of fused-ring (bicyclic) bond motifs is 2. The zero-order valence-corrected chi connectivity index (χ0v) is 12.2. The lowest BCUT2D eigenvalue weighted by Crippen LogP contribution is -2.08. The molecule has 0 bridgehead atoms. The quantitative estimate of drug-likeness (QED) is 0.525. The molecule has 3 aromatic rings. The third-order valence-electron chi connectivity index (χ3n) is 3.63. The Balaban J connectivity index is 2.18. The van der Waals surface area contributed by atoms with Crippen LogP contribution in [0.25, 0.3) is 21.5 Å². The van der Waals surface area contributed by atoms with Gasteiger partial charge in [0.25, 0.3) is 0 Å². The Bertz CT molecular complexity index is 723. The number of aliphatic hydroxyl groups is 2. The minimum Gasteiger partial charge on any atom is -0.395 e. The Morgan fingerprint density at radius 3 is 2.00 bits per heavy atom. The van der Waals surface area contributed by atoms with E-state index >= 15 is 0 Å². The van der Waals surface area contributed by atoms with Crippen LogP contribution in [0.3, 0.4) is 0 Å². The van der Waals surface area contributed by atoms with Crippen molar-refractivity contribution >= 4 is 32.9 Å². The molecule has 5 heteroatoms. The Morgan fingerprint density at radius 2 is 1.41 bits per heavy atom. The maximum Gasteiger partial charge on any atom is 0.0604 e. The first kappa shape index (κ1) is 14.6. The van der Waals surface area contributed by atoms with Crippen LogP contribution in [0.15, 0.2) is 42.7 Å². The van der Waals surface area contributed by atoms with Crippen LogP contribution in [-0.4, -0.2) is 41.5 Å². The third kappa shape index (κ3) is 2.81. The largest absolute Gasteiger partial charge is 0.395 e. The average Bonchev–Trinajstić information content (AvgIpc) is 2.57. The van der Waals surface area contributed by atoms with Gasteiger partial charge < -0.3 is 20.8 Å². The van der Waals surface area contributed by atoms with E-state index in [1.54, 1.807) is 6.20 Å². The van der Waals surface area contributed by atoms with Crippen molar-refractivity contribution < 1.29 is 10.2 Å². The molecule has 1 aromatic heterocycles. The summed E-state index contributed by atoms with van der Waals surface area (Å²) in [5, 5.41) is 28.9. The molecule has 0 aliphatic carbocycles. The molecule has 3 rings (SSSR count). The van der Waals surface area contributed by atoms with Gasteiger partial charge in [-0.3, -0.25) is 4.98 Å². The van der Waals surface area contributed by atoms with Gasteiger partial charge in [-0.15, -0.1) is 0 Å². The smallest absolute Gasteiger partial charge is 0.0604 e. The zero-order valence-electron chi connectivity index (χ0n) is 12.2. The molecule has 0 unspecified atom stereocenters. The average molecular weight is 297 g/mol. The predicted molar refractivity (Wildman–Crippen MR) is 90.4 cm³/mol. The summed E-state index contributed by atoms with van der Waals surface area (Å²) in [6.45, 7) is 1.18. The molecule has 0 saturated heterocycles. The van der Waals surface area contributed by atoms with Gasteiger partial charge in [-0.2, -0.15) is 0 Å². The molecule has 0 atom stereocenters. The number of aromatic nitrogens is 1. The number of hydrogen-bond acceptors (Lipinski definition) is 5. The van der Waals surface area contributed by atoms with Gasteiger partial charge in [-0.05, 0) is 35.7 Å². The normalized spacial score (nSPS) is 11.0. The summed E-state index contributed by atoms with van der Waals surface area (Å²) in [5.74, 6) is 0. The number of anilines is 2. The summed E-state index contributed by atoms with van der Waals surface area (Å²) in [7, 11) is 0. The lowest BCUT2D eigenvalue weighted by Gasteiger charge is -2.14. The second-order valence-electron chi connectivity index (χ2n) is 5.08. The van der Waals surface area contributed by atoms with Gasteiger partial charge in [0.15, 0.2) is 0 Å². The van der Waals surface area contributed by atoms with Crippen LogP contribution in [0.4, 0.5) is 11.4 Å². The van der Waals surface area contributed by atoms with E-state index in [1.165, 1.54) is 0 Å². The lowest BCUT2D eigenvalue weighted by molar-refractivity contribution is 0.310. The van der Waals surface area contributed by atoms with E-state index in [0.717, 1.165) is 32.9 Å². The standard InChI is InChI=1S/C17H19N3O2/c21-7-5-19-16-1-2-17(20-6-8-22)15-10-13-11-18-4-3-12(13)9-14(15)16/h1-4,9-11,19-22H,5-8H2. The van der Waals surface area contributed by atoms with Gasteiger partial charge in [0.05, 0.1) is 13.2 Å². The Hall–Kier alpha value is -2.37. The maximum atomic E-state index is 9.03. The molecule has 0 spiro atoms. The van der Waals surface area contributed by atoms with E-state index in [9.17, 15) is 0 Å². The molecule has 2 aromatic carbocycles. The van der Waals surface area contributed by atoms with Gasteiger partial charge in [0.2, 0.25) is 0 Å². The first-order chi connectivity index (χ1) is 10.8. The van der Waals surface area contributed by atoms with Gasteiger partial charge in [0, 0.05) is 53.0 Å². The molecular formula is C17H19N3O2. The van der Waals surface area contributed by atoms with E-state index < -0.39 is 0 Å². The summed E-state index contributed by atoms with van der Waals surface area (Å²) in [5.41, 5.74) is 1.96. The van der Waals surface area contributed by atoms with Crippen molar-refractivity contribution in [2.75, 3.05) is 36.9 Å². The van der Waals surface area contributed by atoms with Crippen molar-refractivity contribution in [3.63, 3.8) is 0 Å². The number of nitrogens with zero attached hydrogens (tertiary/aromatic N) is 1. The molecule has 114 valence electrons. The number of hydrogen-bond donors (Lipinski definition) is 4. The Labute approximate surface area is 128 Å². The fourth-order valence-corrected chi connectivity index (χ4v) is 2.62. The number of benzene rings is 2. The van der Waals surface area contributed by atoms with Gasteiger partial charge in [-0.25, -0.2) is 0 Å². The SMILES string of the molecule is OCCNc1ccc(NCCO)c2cc3cnccc3cc12.